The first-order valence-corrected chi connectivity index (χ1v) is 8.42. The van der Waals surface area contributed by atoms with Crippen molar-refractivity contribution >= 4 is 17.7 Å². The second kappa shape index (κ2) is 6.68. The molecule has 0 saturated heterocycles. The molecule has 4 atom stereocenters. The molecule has 1 amide bonds. The van der Waals surface area contributed by atoms with Crippen LogP contribution in [-0.2, 0) is 4.79 Å². The van der Waals surface area contributed by atoms with Gasteiger partial charge in [-0.3, -0.25) is 4.79 Å². The first-order valence-electron chi connectivity index (χ1n) is 7.54. The van der Waals surface area contributed by atoms with Crippen molar-refractivity contribution in [3.8, 4) is 0 Å². The molecule has 21 heavy (non-hydrogen) atoms. The van der Waals surface area contributed by atoms with E-state index in [0.717, 1.165) is 6.42 Å². The average molecular weight is 311 g/mol. The van der Waals surface area contributed by atoms with Crippen LogP contribution in [0.1, 0.15) is 45.9 Å². The molecular formula is C14H25N5OS. The summed E-state index contributed by atoms with van der Waals surface area (Å²) in [6.07, 6.45) is 3.52. The van der Waals surface area contributed by atoms with Crippen LogP contribution in [0.5, 0.6) is 0 Å². The van der Waals surface area contributed by atoms with Crippen molar-refractivity contribution in [1.82, 2.24) is 20.2 Å². The molecule has 1 aromatic rings. The highest BCUT2D eigenvalue weighted by molar-refractivity contribution is 8.00. The summed E-state index contributed by atoms with van der Waals surface area (Å²) >= 11 is 1.34. The number of nitrogens with one attached hydrogen (secondary N) is 1. The van der Waals surface area contributed by atoms with Crippen molar-refractivity contribution in [2.24, 2.45) is 11.8 Å². The minimum absolute atomic E-state index is 0.0478. The van der Waals surface area contributed by atoms with Gasteiger partial charge in [0.25, 0.3) is 0 Å². The zero-order valence-corrected chi connectivity index (χ0v) is 14.0. The number of nitrogens with zero attached hydrogens (tertiary/aromatic N) is 3. The van der Waals surface area contributed by atoms with Crippen LogP contribution in [0.4, 0.5) is 0 Å². The Balaban J connectivity index is 1.92. The number of carbonyl (C=O) groups excluding carboxylic acids is 1. The van der Waals surface area contributed by atoms with Crippen LogP contribution in [0.2, 0.25) is 0 Å². The monoisotopic (exact) mass is 311 g/mol. The molecule has 0 aromatic carbocycles. The molecule has 1 aromatic heterocycles. The maximum Gasteiger partial charge on any atom is 0.233 e. The minimum atomic E-state index is -0.236. The number of rotatable bonds is 4. The lowest BCUT2D eigenvalue weighted by molar-refractivity contribution is -0.121. The van der Waals surface area contributed by atoms with Gasteiger partial charge in [0.05, 0.1) is 5.25 Å². The molecule has 3 N–H and O–H groups in total. The molecular weight excluding hydrogens is 286 g/mol. The highest BCUT2D eigenvalue weighted by Crippen LogP contribution is 2.30. The van der Waals surface area contributed by atoms with E-state index in [0.29, 0.717) is 22.8 Å². The summed E-state index contributed by atoms with van der Waals surface area (Å²) in [5, 5.41) is 11.4. The molecule has 0 radical (unpaired) electrons. The van der Waals surface area contributed by atoms with Gasteiger partial charge in [-0.05, 0) is 32.1 Å². The minimum Gasteiger partial charge on any atom is -0.352 e. The van der Waals surface area contributed by atoms with Gasteiger partial charge < -0.3 is 11.2 Å². The van der Waals surface area contributed by atoms with Gasteiger partial charge in [-0.25, -0.2) is 4.68 Å². The number of hydrogen-bond acceptors (Lipinski definition) is 5. The van der Waals surface area contributed by atoms with E-state index in [9.17, 15) is 4.79 Å². The van der Waals surface area contributed by atoms with Gasteiger partial charge in [0, 0.05) is 6.04 Å². The Labute approximate surface area is 130 Å². The summed E-state index contributed by atoms with van der Waals surface area (Å²) in [5.41, 5.74) is 0. The van der Waals surface area contributed by atoms with Gasteiger partial charge in [-0.2, -0.15) is 0 Å². The Bertz CT molecular complexity index is 504. The number of carbonyl (C=O) groups is 1. The topological polar surface area (TPSA) is 85.8 Å². The third-order valence-corrected chi connectivity index (χ3v) is 5.58. The lowest BCUT2D eigenvalue weighted by Crippen LogP contribution is -2.46. The summed E-state index contributed by atoms with van der Waals surface area (Å²) in [7, 11) is 0. The fraction of sp³-hybridized carbons (Fsp3) is 0.786. The highest BCUT2D eigenvalue weighted by Gasteiger charge is 2.29. The lowest BCUT2D eigenvalue weighted by Gasteiger charge is -2.35. The molecule has 1 aliphatic rings. The van der Waals surface area contributed by atoms with Gasteiger partial charge in [0.15, 0.2) is 0 Å². The van der Waals surface area contributed by atoms with E-state index in [1.54, 1.807) is 6.92 Å². The molecule has 7 heteroatoms. The summed E-state index contributed by atoms with van der Waals surface area (Å²) in [5.74, 6) is 7.70. The molecule has 1 saturated carbocycles. The standard InChI is InChI=1S/C14H25N5OS/c1-8-6-5-7-12(9(8)2)16-13(20)10(3)21-14-18-17-11(4)19(14)15/h8-10,12H,5-7,15H2,1-4H3,(H,16,20)/t8-,9-,10+,12+/m0/s1. The van der Waals surface area contributed by atoms with Crippen molar-refractivity contribution in [2.45, 2.75) is 63.4 Å². The van der Waals surface area contributed by atoms with E-state index in [4.69, 9.17) is 5.84 Å². The Morgan fingerprint density at radius 2 is 2.14 bits per heavy atom. The third-order valence-electron chi connectivity index (χ3n) is 4.52. The number of aryl methyl sites for hydroxylation is 1. The molecule has 6 nitrogen and oxygen atoms in total. The van der Waals surface area contributed by atoms with Crippen molar-refractivity contribution < 1.29 is 4.79 Å². The van der Waals surface area contributed by atoms with Gasteiger partial charge in [-0.15, -0.1) is 10.2 Å². The number of hydrogen-bond donors (Lipinski definition) is 2. The second-order valence-corrected chi connectivity index (χ2v) is 7.35. The van der Waals surface area contributed by atoms with E-state index in [1.165, 1.54) is 29.3 Å². The van der Waals surface area contributed by atoms with Gasteiger partial charge in [0.1, 0.15) is 5.82 Å². The Kier molecular flexibility index (Phi) is 5.13. The Morgan fingerprint density at radius 1 is 1.43 bits per heavy atom. The summed E-state index contributed by atoms with van der Waals surface area (Å²) < 4.78 is 1.42. The normalized spacial score (nSPS) is 27.3. The summed E-state index contributed by atoms with van der Waals surface area (Å²) in [4.78, 5) is 12.4. The highest BCUT2D eigenvalue weighted by atomic mass is 32.2. The van der Waals surface area contributed by atoms with E-state index in [1.807, 2.05) is 6.92 Å². The smallest absolute Gasteiger partial charge is 0.233 e. The average Bonchev–Trinajstić information content (AvgIpc) is 2.75. The van der Waals surface area contributed by atoms with Crippen LogP contribution in [0.25, 0.3) is 0 Å². The molecule has 0 aliphatic heterocycles. The predicted molar refractivity (Wildman–Crippen MR) is 84.3 cm³/mol. The van der Waals surface area contributed by atoms with Crippen molar-refractivity contribution in [3.63, 3.8) is 0 Å². The third kappa shape index (κ3) is 3.70. The van der Waals surface area contributed by atoms with E-state index >= 15 is 0 Å². The fourth-order valence-electron chi connectivity index (χ4n) is 2.73. The number of thioether (sulfide) groups is 1. The summed E-state index contributed by atoms with van der Waals surface area (Å²) in [6.45, 7) is 8.15. The SMILES string of the molecule is Cc1nnc(S[C@H](C)C(=O)N[C@@H]2CCC[C@H](C)[C@@H]2C)n1N. The van der Waals surface area contributed by atoms with Crippen molar-refractivity contribution in [2.75, 3.05) is 5.84 Å². The molecule has 1 heterocycles. The fourth-order valence-corrected chi connectivity index (χ4v) is 3.55. The van der Waals surface area contributed by atoms with E-state index < -0.39 is 0 Å². The molecule has 0 spiro atoms. The van der Waals surface area contributed by atoms with Crippen molar-refractivity contribution in [3.05, 3.63) is 5.82 Å². The molecule has 0 bridgehead atoms. The van der Waals surface area contributed by atoms with Crippen molar-refractivity contribution in [1.29, 1.82) is 0 Å². The van der Waals surface area contributed by atoms with Gasteiger partial charge in [-0.1, -0.05) is 38.5 Å². The van der Waals surface area contributed by atoms with Crippen LogP contribution in [0.3, 0.4) is 0 Å². The van der Waals surface area contributed by atoms with Gasteiger partial charge >= 0.3 is 0 Å². The molecule has 1 aliphatic carbocycles. The molecule has 0 unspecified atom stereocenters. The van der Waals surface area contributed by atoms with Crippen LogP contribution in [0, 0.1) is 18.8 Å². The molecule has 2 rings (SSSR count). The predicted octanol–water partition coefficient (Wildman–Crippen LogP) is 1.72. The maximum absolute atomic E-state index is 12.4. The quantitative estimate of drug-likeness (QED) is 0.653. The number of amides is 1. The largest absolute Gasteiger partial charge is 0.352 e. The number of nitrogen functional groups attached to an aromatic ring is 1. The Hall–Kier alpha value is -1.24. The number of aromatic nitrogens is 3. The van der Waals surface area contributed by atoms with Crippen LogP contribution in [0.15, 0.2) is 5.16 Å². The second-order valence-electron chi connectivity index (χ2n) is 6.04. The Morgan fingerprint density at radius 3 is 2.76 bits per heavy atom. The first-order chi connectivity index (χ1) is 9.90. The van der Waals surface area contributed by atoms with E-state index in [-0.39, 0.29) is 17.2 Å². The zero-order valence-electron chi connectivity index (χ0n) is 13.2. The number of nitrogens with two attached hydrogens (primary N) is 1. The van der Waals surface area contributed by atoms with Crippen LogP contribution < -0.4 is 11.2 Å². The summed E-state index contributed by atoms with van der Waals surface area (Å²) in [6, 6.07) is 0.279. The lowest BCUT2D eigenvalue weighted by atomic mass is 9.78. The maximum atomic E-state index is 12.4. The van der Waals surface area contributed by atoms with E-state index in [2.05, 4.69) is 29.4 Å². The van der Waals surface area contributed by atoms with Crippen LogP contribution in [-0.4, -0.2) is 32.1 Å². The van der Waals surface area contributed by atoms with Crippen LogP contribution >= 0.6 is 11.8 Å². The first kappa shape index (κ1) is 16.1. The molecule has 118 valence electrons. The van der Waals surface area contributed by atoms with Gasteiger partial charge in [0.2, 0.25) is 11.1 Å². The molecule has 1 fully saturated rings. The zero-order chi connectivity index (χ0) is 15.6.